The molecule has 1 aliphatic heterocycles. The first-order valence-electron chi connectivity index (χ1n) is 7.16. The Kier molecular flexibility index (Phi) is 3.62. The van der Waals surface area contributed by atoms with E-state index in [1.165, 1.54) is 0 Å². The highest BCUT2D eigenvalue weighted by molar-refractivity contribution is 6.15. The standard InChI is InChI=1S/C15H17N5O2/c1-9(2)7-16-12-3-4-20-14(18-12)11(8-17-20)5-10-6-13(21)19-15(10)22/h3-5,8-9H,6-7H2,1-2H3,(H,16,18)(H,19,21,22)/b10-5+. The predicted octanol–water partition coefficient (Wildman–Crippen LogP) is 1.23. The van der Waals surface area contributed by atoms with Gasteiger partial charge in [-0.25, -0.2) is 9.50 Å². The first-order chi connectivity index (χ1) is 10.5. The highest BCUT2D eigenvalue weighted by Gasteiger charge is 2.24. The minimum absolute atomic E-state index is 0.0987. The van der Waals surface area contributed by atoms with Gasteiger partial charge in [-0.1, -0.05) is 13.8 Å². The van der Waals surface area contributed by atoms with Crippen LogP contribution in [0, 0.1) is 5.92 Å². The number of anilines is 1. The van der Waals surface area contributed by atoms with Crippen molar-refractivity contribution in [2.24, 2.45) is 5.92 Å². The van der Waals surface area contributed by atoms with Gasteiger partial charge in [-0.15, -0.1) is 0 Å². The molecule has 0 bridgehead atoms. The van der Waals surface area contributed by atoms with Crippen molar-refractivity contribution in [3.8, 4) is 0 Å². The lowest BCUT2D eigenvalue weighted by Crippen LogP contribution is -2.19. The quantitative estimate of drug-likeness (QED) is 0.655. The molecule has 0 aromatic carbocycles. The topological polar surface area (TPSA) is 88.4 Å². The first-order valence-corrected chi connectivity index (χ1v) is 7.16. The smallest absolute Gasteiger partial charge is 0.254 e. The molecule has 2 aromatic heterocycles. The van der Waals surface area contributed by atoms with Gasteiger partial charge in [-0.2, -0.15) is 5.10 Å². The van der Waals surface area contributed by atoms with Crippen molar-refractivity contribution in [2.75, 3.05) is 11.9 Å². The van der Waals surface area contributed by atoms with Gasteiger partial charge < -0.3 is 5.32 Å². The Morgan fingerprint density at radius 3 is 2.95 bits per heavy atom. The molecule has 2 N–H and O–H groups in total. The van der Waals surface area contributed by atoms with Gasteiger partial charge in [0.15, 0.2) is 5.65 Å². The number of carbonyl (C=O) groups excluding carboxylic acids is 2. The number of rotatable bonds is 4. The van der Waals surface area contributed by atoms with Crippen LogP contribution in [0.3, 0.4) is 0 Å². The molecule has 0 atom stereocenters. The molecular formula is C15H17N5O2. The van der Waals surface area contributed by atoms with E-state index in [9.17, 15) is 9.59 Å². The van der Waals surface area contributed by atoms with Gasteiger partial charge in [0.05, 0.1) is 12.6 Å². The van der Waals surface area contributed by atoms with Crippen molar-refractivity contribution in [2.45, 2.75) is 20.3 Å². The maximum Gasteiger partial charge on any atom is 0.254 e. The van der Waals surface area contributed by atoms with Crippen LogP contribution in [0.5, 0.6) is 0 Å². The Bertz CT molecular complexity index is 775. The molecule has 2 amide bonds. The Balaban J connectivity index is 1.93. The number of fused-ring (bicyclic) bond motifs is 1. The zero-order valence-electron chi connectivity index (χ0n) is 12.5. The van der Waals surface area contributed by atoms with Crippen molar-refractivity contribution >= 4 is 29.4 Å². The van der Waals surface area contributed by atoms with E-state index in [0.717, 1.165) is 12.4 Å². The Morgan fingerprint density at radius 2 is 2.27 bits per heavy atom. The van der Waals surface area contributed by atoms with Crippen LogP contribution >= 0.6 is 0 Å². The number of aromatic nitrogens is 3. The molecule has 114 valence electrons. The summed E-state index contributed by atoms with van der Waals surface area (Å²) in [5.74, 6) is 0.643. The van der Waals surface area contributed by atoms with E-state index in [1.807, 2.05) is 12.3 Å². The number of amides is 2. The number of imide groups is 1. The van der Waals surface area contributed by atoms with Crippen LogP contribution in [-0.4, -0.2) is 33.0 Å². The van der Waals surface area contributed by atoms with Crippen LogP contribution in [-0.2, 0) is 9.59 Å². The third kappa shape index (κ3) is 2.83. The molecule has 0 aliphatic carbocycles. The average molecular weight is 299 g/mol. The average Bonchev–Trinajstić information content (AvgIpc) is 3.00. The highest BCUT2D eigenvalue weighted by Crippen LogP contribution is 2.18. The van der Waals surface area contributed by atoms with Gasteiger partial charge >= 0.3 is 0 Å². The second-order valence-corrected chi connectivity index (χ2v) is 5.68. The number of hydrogen-bond acceptors (Lipinski definition) is 5. The van der Waals surface area contributed by atoms with E-state index >= 15 is 0 Å². The monoisotopic (exact) mass is 299 g/mol. The molecule has 1 aliphatic rings. The molecule has 2 aromatic rings. The fourth-order valence-electron chi connectivity index (χ4n) is 2.20. The summed E-state index contributed by atoms with van der Waals surface area (Å²) >= 11 is 0. The molecule has 3 heterocycles. The summed E-state index contributed by atoms with van der Waals surface area (Å²) in [4.78, 5) is 27.4. The van der Waals surface area contributed by atoms with Gasteiger partial charge in [0.2, 0.25) is 5.91 Å². The number of carbonyl (C=O) groups is 2. The molecular weight excluding hydrogens is 282 g/mol. The molecule has 0 unspecified atom stereocenters. The number of nitrogens with zero attached hydrogens (tertiary/aromatic N) is 3. The van der Waals surface area contributed by atoms with E-state index in [4.69, 9.17) is 0 Å². The second kappa shape index (κ2) is 5.59. The summed E-state index contributed by atoms with van der Waals surface area (Å²) in [6.07, 6.45) is 5.22. The minimum Gasteiger partial charge on any atom is -0.370 e. The molecule has 3 rings (SSSR count). The lowest BCUT2D eigenvalue weighted by atomic mass is 10.1. The van der Waals surface area contributed by atoms with E-state index < -0.39 is 0 Å². The Hall–Kier alpha value is -2.70. The summed E-state index contributed by atoms with van der Waals surface area (Å²) < 4.78 is 1.64. The summed E-state index contributed by atoms with van der Waals surface area (Å²) in [6.45, 7) is 5.07. The van der Waals surface area contributed by atoms with E-state index in [1.54, 1.807) is 16.8 Å². The van der Waals surface area contributed by atoms with Crippen molar-refractivity contribution in [1.29, 1.82) is 0 Å². The van der Waals surface area contributed by atoms with Gasteiger partial charge in [-0.05, 0) is 18.1 Å². The maximum atomic E-state index is 11.6. The third-order valence-electron chi connectivity index (χ3n) is 3.31. The largest absolute Gasteiger partial charge is 0.370 e. The number of hydrogen-bond donors (Lipinski definition) is 2. The van der Waals surface area contributed by atoms with Crippen molar-refractivity contribution in [1.82, 2.24) is 19.9 Å². The lowest BCUT2D eigenvalue weighted by Gasteiger charge is -2.08. The van der Waals surface area contributed by atoms with Gasteiger partial charge in [-0.3, -0.25) is 14.9 Å². The lowest BCUT2D eigenvalue weighted by molar-refractivity contribution is -0.124. The normalized spacial score (nSPS) is 16.8. The predicted molar refractivity (Wildman–Crippen MR) is 82.1 cm³/mol. The summed E-state index contributed by atoms with van der Waals surface area (Å²) in [6, 6.07) is 1.85. The molecule has 22 heavy (non-hydrogen) atoms. The fraction of sp³-hybridized carbons (Fsp3) is 0.333. The third-order valence-corrected chi connectivity index (χ3v) is 3.31. The van der Waals surface area contributed by atoms with E-state index in [-0.39, 0.29) is 18.2 Å². The zero-order valence-corrected chi connectivity index (χ0v) is 12.5. The molecule has 7 heteroatoms. The zero-order chi connectivity index (χ0) is 15.7. The highest BCUT2D eigenvalue weighted by atomic mass is 16.2. The molecule has 1 saturated heterocycles. The van der Waals surface area contributed by atoms with Crippen molar-refractivity contribution in [3.05, 3.63) is 29.6 Å². The summed E-state index contributed by atoms with van der Waals surface area (Å²) in [5.41, 5.74) is 1.80. The van der Waals surface area contributed by atoms with Crippen molar-refractivity contribution < 1.29 is 9.59 Å². The fourth-order valence-corrected chi connectivity index (χ4v) is 2.20. The number of nitrogens with one attached hydrogen (secondary N) is 2. The molecule has 7 nitrogen and oxygen atoms in total. The molecule has 0 radical (unpaired) electrons. The van der Waals surface area contributed by atoms with Crippen LogP contribution in [0.15, 0.2) is 24.0 Å². The minimum atomic E-state index is -0.349. The maximum absolute atomic E-state index is 11.6. The SMILES string of the molecule is CC(C)CNc1ccn2ncc(/C=C3\CC(=O)NC3=O)c2n1. The molecule has 1 fully saturated rings. The van der Waals surface area contributed by atoms with Crippen LogP contribution < -0.4 is 10.6 Å². The first kappa shape index (κ1) is 14.2. The summed E-state index contributed by atoms with van der Waals surface area (Å²) in [7, 11) is 0. The van der Waals surface area contributed by atoms with Crippen molar-refractivity contribution in [3.63, 3.8) is 0 Å². The van der Waals surface area contributed by atoms with Crippen LogP contribution in [0.1, 0.15) is 25.8 Å². The van der Waals surface area contributed by atoms with Crippen LogP contribution in [0.25, 0.3) is 11.7 Å². The van der Waals surface area contributed by atoms with E-state index in [2.05, 4.69) is 34.6 Å². The van der Waals surface area contributed by atoms with Gasteiger partial charge in [0, 0.05) is 23.9 Å². The van der Waals surface area contributed by atoms with Crippen LogP contribution in [0.4, 0.5) is 5.82 Å². The van der Waals surface area contributed by atoms with Gasteiger partial charge in [0.1, 0.15) is 5.82 Å². The molecule has 0 spiro atoms. The molecule has 0 saturated carbocycles. The van der Waals surface area contributed by atoms with Gasteiger partial charge in [0.25, 0.3) is 5.91 Å². The second-order valence-electron chi connectivity index (χ2n) is 5.68. The Labute approximate surface area is 127 Å². The Morgan fingerprint density at radius 1 is 1.45 bits per heavy atom. The van der Waals surface area contributed by atoms with E-state index in [0.29, 0.717) is 22.7 Å². The summed E-state index contributed by atoms with van der Waals surface area (Å²) in [5, 5.41) is 9.73. The van der Waals surface area contributed by atoms with Crippen LogP contribution in [0.2, 0.25) is 0 Å².